The smallest absolute Gasteiger partial charge is 0.00218 e. The molecule has 90 valence electrons. The van der Waals surface area contributed by atoms with Gasteiger partial charge in [0.1, 0.15) is 0 Å². The van der Waals surface area contributed by atoms with Crippen LogP contribution in [-0.2, 0) is 0 Å². The summed E-state index contributed by atoms with van der Waals surface area (Å²) < 4.78 is 0. The van der Waals surface area contributed by atoms with Crippen molar-refractivity contribution >= 4 is 0 Å². The van der Waals surface area contributed by atoms with Crippen LogP contribution in [0.5, 0.6) is 0 Å². The number of hydrogen-bond acceptors (Lipinski definition) is 1. The summed E-state index contributed by atoms with van der Waals surface area (Å²) in [7, 11) is 2.27. The van der Waals surface area contributed by atoms with Gasteiger partial charge < -0.3 is 4.90 Å². The van der Waals surface area contributed by atoms with Gasteiger partial charge in [-0.3, -0.25) is 0 Å². The Balaban J connectivity index is 2.21. The van der Waals surface area contributed by atoms with Crippen molar-refractivity contribution in [3.63, 3.8) is 0 Å². The number of rotatable bonds is 3. The number of unbranched alkanes of at least 4 members (excludes halogenated alkanes) is 1. The molecule has 1 saturated heterocycles. The number of nitrogens with zero attached hydrogens (tertiary/aromatic N) is 1. The zero-order valence-corrected chi connectivity index (χ0v) is 10.8. The summed E-state index contributed by atoms with van der Waals surface area (Å²) in [5, 5.41) is 0. The molecule has 0 spiro atoms. The van der Waals surface area contributed by atoms with Gasteiger partial charge >= 0.3 is 0 Å². The van der Waals surface area contributed by atoms with Gasteiger partial charge in [-0.05, 0) is 38.9 Å². The van der Waals surface area contributed by atoms with Gasteiger partial charge in [0.05, 0.1) is 0 Å². The van der Waals surface area contributed by atoms with Crippen molar-refractivity contribution in [3.8, 4) is 0 Å². The highest BCUT2D eigenvalue weighted by atomic mass is 15.1. The van der Waals surface area contributed by atoms with Crippen molar-refractivity contribution in [1.82, 2.24) is 4.90 Å². The Morgan fingerprint density at radius 1 is 1.00 bits per heavy atom. The lowest BCUT2D eigenvalue weighted by Crippen LogP contribution is -2.22. The maximum absolute atomic E-state index is 2.51. The van der Waals surface area contributed by atoms with E-state index in [1.165, 1.54) is 70.9 Å². The van der Waals surface area contributed by atoms with Crippen molar-refractivity contribution in [1.29, 1.82) is 0 Å². The van der Waals surface area contributed by atoms with Crippen LogP contribution in [0.15, 0.2) is 0 Å². The van der Waals surface area contributed by atoms with E-state index in [0.29, 0.717) is 0 Å². The summed E-state index contributed by atoms with van der Waals surface area (Å²) >= 11 is 0. The predicted molar refractivity (Wildman–Crippen MR) is 68.2 cm³/mol. The Kier molecular flexibility index (Phi) is 7.08. The molecule has 0 atom stereocenters. The van der Waals surface area contributed by atoms with E-state index in [1.54, 1.807) is 0 Å². The van der Waals surface area contributed by atoms with Gasteiger partial charge in [-0.2, -0.15) is 0 Å². The van der Waals surface area contributed by atoms with Gasteiger partial charge in [-0.1, -0.05) is 51.9 Å². The van der Waals surface area contributed by atoms with Crippen LogP contribution in [0.25, 0.3) is 0 Å². The highest BCUT2D eigenvalue weighted by molar-refractivity contribution is 4.64. The predicted octanol–water partition coefficient (Wildman–Crippen LogP) is 4.08. The van der Waals surface area contributed by atoms with Crippen LogP contribution in [0.4, 0.5) is 0 Å². The van der Waals surface area contributed by atoms with E-state index in [0.717, 1.165) is 5.92 Å². The summed E-state index contributed by atoms with van der Waals surface area (Å²) in [6, 6.07) is 0. The van der Waals surface area contributed by atoms with Gasteiger partial charge in [-0.15, -0.1) is 0 Å². The van der Waals surface area contributed by atoms with Gasteiger partial charge in [-0.25, -0.2) is 0 Å². The molecule has 1 fully saturated rings. The fourth-order valence-corrected chi connectivity index (χ4v) is 2.67. The molecule has 1 aliphatic rings. The first kappa shape index (κ1) is 13.0. The average molecular weight is 211 g/mol. The second-order valence-corrected chi connectivity index (χ2v) is 5.30. The van der Waals surface area contributed by atoms with E-state index in [4.69, 9.17) is 0 Å². The lowest BCUT2D eigenvalue weighted by Gasteiger charge is -2.22. The Hall–Kier alpha value is -0.0400. The molecule has 15 heavy (non-hydrogen) atoms. The molecule has 0 unspecified atom stereocenters. The molecule has 1 aliphatic heterocycles. The van der Waals surface area contributed by atoms with Crippen molar-refractivity contribution in [2.24, 2.45) is 5.92 Å². The molecule has 0 aromatic carbocycles. The van der Waals surface area contributed by atoms with Crippen LogP contribution >= 0.6 is 0 Å². The van der Waals surface area contributed by atoms with Crippen LogP contribution in [0.3, 0.4) is 0 Å². The average Bonchev–Trinajstić information content (AvgIpc) is 2.25. The minimum Gasteiger partial charge on any atom is -0.306 e. The first-order valence-electron chi connectivity index (χ1n) is 7.01. The third-order valence-electron chi connectivity index (χ3n) is 3.77. The normalized spacial score (nSPS) is 22.8. The third kappa shape index (κ3) is 6.19. The van der Waals surface area contributed by atoms with Gasteiger partial charge in [0.2, 0.25) is 0 Å². The molecule has 0 N–H and O–H groups in total. The molecule has 0 aromatic heterocycles. The van der Waals surface area contributed by atoms with E-state index in [1.807, 2.05) is 0 Å². The van der Waals surface area contributed by atoms with Crippen molar-refractivity contribution in [3.05, 3.63) is 0 Å². The molecule has 0 saturated carbocycles. The van der Waals surface area contributed by atoms with E-state index in [2.05, 4.69) is 18.9 Å². The molecule has 0 aromatic rings. The van der Waals surface area contributed by atoms with Gasteiger partial charge in [0.15, 0.2) is 0 Å². The highest BCUT2D eigenvalue weighted by Gasteiger charge is 2.10. The van der Waals surface area contributed by atoms with Crippen LogP contribution in [0, 0.1) is 5.92 Å². The van der Waals surface area contributed by atoms with E-state index < -0.39 is 0 Å². The van der Waals surface area contributed by atoms with Crippen molar-refractivity contribution < 1.29 is 0 Å². The molecular formula is C14H29N. The van der Waals surface area contributed by atoms with E-state index >= 15 is 0 Å². The highest BCUT2D eigenvalue weighted by Crippen LogP contribution is 2.23. The maximum Gasteiger partial charge on any atom is -0.00218 e. The number of hydrogen-bond donors (Lipinski definition) is 0. The van der Waals surface area contributed by atoms with Crippen LogP contribution < -0.4 is 0 Å². The first-order chi connectivity index (χ1) is 7.33. The SMILES string of the molecule is CCCCC1CCCCN(C)CCCC1. The molecule has 0 amide bonds. The Bertz CT molecular complexity index is 132. The molecule has 1 rings (SSSR count). The largest absolute Gasteiger partial charge is 0.306 e. The van der Waals surface area contributed by atoms with Gasteiger partial charge in [0.25, 0.3) is 0 Å². The fourth-order valence-electron chi connectivity index (χ4n) is 2.67. The zero-order chi connectivity index (χ0) is 10.9. The van der Waals surface area contributed by atoms with Crippen LogP contribution in [0.2, 0.25) is 0 Å². The van der Waals surface area contributed by atoms with Crippen molar-refractivity contribution in [2.45, 2.75) is 64.7 Å². The Morgan fingerprint density at radius 2 is 1.60 bits per heavy atom. The minimum atomic E-state index is 1.05. The molecule has 1 nitrogen and oxygen atoms in total. The lowest BCUT2D eigenvalue weighted by atomic mass is 9.90. The summed E-state index contributed by atoms with van der Waals surface area (Å²) in [5.41, 5.74) is 0. The summed E-state index contributed by atoms with van der Waals surface area (Å²) in [5.74, 6) is 1.05. The standard InChI is InChI=1S/C14H29N/c1-3-4-9-14-10-5-7-12-15(2)13-8-6-11-14/h14H,3-13H2,1-2H3. The van der Waals surface area contributed by atoms with E-state index in [-0.39, 0.29) is 0 Å². The molecule has 1 heteroatoms. The third-order valence-corrected chi connectivity index (χ3v) is 3.77. The second kappa shape index (κ2) is 8.15. The second-order valence-electron chi connectivity index (χ2n) is 5.30. The Morgan fingerprint density at radius 3 is 2.13 bits per heavy atom. The lowest BCUT2D eigenvalue weighted by molar-refractivity contribution is 0.280. The molecular weight excluding hydrogens is 182 g/mol. The summed E-state index contributed by atoms with van der Waals surface area (Å²) in [6.07, 6.45) is 13.0. The van der Waals surface area contributed by atoms with Gasteiger partial charge in [0, 0.05) is 0 Å². The minimum absolute atomic E-state index is 1.05. The van der Waals surface area contributed by atoms with Crippen molar-refractivity contribution in [2.75, 3.05) is 20.1 Å². The molecule has 1 heterocycles. The Labute approximate surface area is 96.2 Å². The topological polar surface area (TPSA) is 3.24 Å². The summed E-state index contributed by atoms with van der Waals surface area (Å²) in [6.45, 7) is 4.95. The summed E-state index contributed by atoms with van der Waals surface area (Å²) in [4.78, 5) is 2.51. The monoisotopic (exact) mass is 211 g/mol. The van der Waals surface area contributed by atoms with Crippen LogP contribution in [0.1, 0.15) is 64.7 Å². The van der Waals surface area contributed by atoms with Crippen LogP contribution in [-0.4, -0.2) is 25.0 Å². The zero-order valence-electron chi connectivity index (χ0n) is 10.8. The maximum atomic E-state index is 2.51. The first-order valence-corrected chi connectivity index (χ1v) is 7.01. The molecule has 0 bridgehead atoms. The molecule has 0 radical (unpaired) electrons. The van der Waals surface area contributed by atoms with E-state index in [9.17, 15) is 0 Å². The quantitative estimate of drug-likeness (QED) is 0.680. The fraction of sp³-hybridized carbons (Fsp3) is 1.00. The molecule has 0 aliphatic carbocycles.